The minimum Gasteiger partial charge on any atom is -0.393 e. The SMILES string of the molecule is CC(C)C(O)CCNC1CCc2ccccc2C1. The average molecular weight is 247 g/mol. The van der Waals surface area contributed by atoms with Crippen LogP contribution in [0.2, 0.25) is 0 Å². The number of rotatable bonds is 5. The molecule has 2 nitrogen and oxygen atoms in total. The van der Waals surface area contributed by atoms with Crippen LogP contribution in [0.4, 0.5) is 0 Å². The van der Waals surface area contributed by atoms with Crippen molar-refractivity contribution in [2.75, 3.05) is 6.54 Å². The third-order valence-electron chi connectivity index (χ3n) is 3.99. The van der Waals surface area contributed by atoms with Crippen molar-refractivity contribution in [1.82, 2.24) is 5.32 Å². The predicted octanol–water partition coefficient (Wildman–Crippen LogP) is 2.54. The second-order valence-electron chi connectivity index (χ2n) is 5.76. The van der Waals surface area contributed by atoms with Gasteiger partial charge < -0.3 is 10.4 Å². The van der Waals surface area contributed by atoms with Crippen LogP contribution >= 0.6 is 0 Å². The normalized spacial score (nSPS) is 20.8. The van der Waals surface area contributed by atoms with Gasteiger partial charge >= 0.3 is 0 Å². The lowest BCUT2D eigenvalue weighted by molar-refractivity contribution is 0.115. The minimum absolute atomic E-state index is 0.173. The standard InChI is InChI=1S/C16H25NO/c1-12(2)16(18)9-10-17-15-8-7-13-5-3-4-6-14(13)11-15/h3-6,12,15-18H,7-11H2,1-2H3. The Balaban J connectivity index is 1.76. The summed E-state index contributed by atoms with van der Waals surface area (Å²) in [5.41, 5.74) is 3.00. The van der Waals surface area contributed by atoms with E-state index in [0.717, 1.165) is 19.4 Å². The van der Waals surface area contributed by atoms with Crippen molar-refractivity contribution < 1.29 is 5.11 Å². The molecule has 2 N–H and O–H groups in total. The lowest BCUT2D eigenvalue weighted by Crippen LogP contribution is -2.36. The number of nitrogens with one attached hydrogen (secondary N) is 1. The second-order valence-corrected chi connectivity index (χ2v) is 5.76. The summed E-state index contributed by atoms with van der Waals surface area (Å²) >= 11 is 0. The van der Waals surface area contributed by atoms with E-state index in [2.05, 4.69) is 43.4 Å². The third-order valence-corrected chi connectivity index (χ3v) is 3.99. The Morgan fingerprint density at radius 2 is 2.00 bits per heavy atom. The lowest BCUT2D eigenvalue weighted by Gasteiger charge is -2.26. The predicted molar refractivity (Wildman–Crippen MR) is 75.7 cm³/mol. The zero-order valence-electron chi connectivity index (χ0n) is 11.5. The highest BCUT2D eigenvalue weighted by molar-refractivity contribution is 5.30. The van der Waals surface area contributed by atoms with Gasteiger partial charge in [-0.2, -0.15) is 0 Å². The van der Waals surface area contributed by atoms with Crippen molar-refractivity contribution in [3.63, 3.8) is 0 Å². The van der Waals surface area contributed by atoms with Gasteiger partial charge in [-0.15, -0.1) is 0 Å². The molecule has 2 atom stereocenters. The molecule has 0 saturated carbocycles. The number of benzene rings is 1. The molecule has 1 aromatic rings. The van der Waals surface area contributed by atoms with E-state index in [4.69, 9.17) is 0 Å². The first-order valence-corrected chi connectivity index (χ1v) is 7.15. The number of hydrogen-bond acceptors (Lipinski definition) is 2. The summed E-state index contributed by atoms with van der Waals surface area (Å²) in [6.45, 7) is 5.06. The Kier molecular flexibility index (Phi) is 4.79. The number of fused-ring (bicyclic) bond motifs is 1. The largest absolute Gasteiger partial charge is 0.393 e. The van der Waals surface area contributed by atoms with Gasteiger partial charge in [-0.1, -0.05) is 38.1 Å². The van der Waals surface area contributed by atoms with Crippen molar-refractivity contribution in [2.24, 2.45) is 5.92 Å². The Bertz CT molecular complexity index is 375. The van der Waals surface area contributed by atoms with Gasteiger partial charge in [-0.25, -0.2) is 0 Å². The van der Waals surface area contributed by atoms with E-state index in [9.17, 15) is 5.11 Å². The van der Waals surface area contributed by atoms with Gasteiger partial charge in [0.15, 0.2) is 0 Å². The molecular formula is C16H25NO. The van der Waals surface area contributed by atoms with Gasteiger partial charge in [0, 0.05) is 6.04 Å². The maximum atomic E-state index is 9.77. The zero-order chi connectivity index (χ0) is 13.0. The molecule has 0 spiro atoms. The van der Waals surface area contributed by atoms with E-state index in [1.54, 1.807) is 0 Å². The molecule has 1 aromatic carbocycles. The van der Waals surface area contributed by atoms with Crippen molar-refractivity contribution in [3.8, 4) is 0 Å². The van der Waals surface area contributed by atoms with Gasteiger partial charge in [-0.3, -0.25) is 0 Å². The number of aryl methyl sites for hydroxylation is 1. The number of aliphatic hydroxyl groups excluding tert-OH is 1. The van der Waals surface area contributed by atoms with E-state index in [0.29, 0.717) is 12.0 Å². The number of hydrogen-bond donors (Lipinski definition) is 2. The summed E-state index contributed by atoms with van der Waals surface area (Å²) in [5.74, 6) is 0.360. The molecule has 0 heterocycles. The monoisotopic (exact) mass is 247 g/mol. The Hall–Kier alpha value is -0.860. The quantitative estimate of drug-likeness (QED) is 0.838. The minimum atomic E-state index is -0.173. The fourth-order valence-electron chi connectivity index (χ4n) is 2.64. The van der Waals surface area contributed by atoms with Crippen LogP contribution in [0.5, 0.6) is 0 Å². The van der Waals surface area contributed by atoms with E-state index in [-0.39, 0.29) is 6.10 Å². The highest BCUT2D eigenvalue weighted by Gasteiger charge is 2.18. The molecule has 0 radical (unpaired) electrons. The van der Waals surface area contributed by atoms with Gasteiger partial charge in [0.05, 0.1) is 6.10 Å². The fourth-order valence-corrected chi connectivity index (χ4v) is 2.64. The Morgan fingerprint density at radius 3 is 2.72 bits per heavy atom. The van der Waals surface area contributed by atoms with Crippen LogP contribution in [-0.2, 0) is 12.8 Å². The molecule has 1 aliphatic carbocycles. The second kappa shape index (κ2) is 6.35. The molecule has 0 saturated heterocycles. The first kappa shape index (κ1) is 13.6. The molecule has 2 rings (SSSR count). The molecule has 2 heteroatoms. The van der Waals surface area contributed by atoms with E-state index < -0.39 is 0 Å². The molecular weight excluding hydrogens is 222 g/mol. The maximum absolute atomic E-state index is 9.77. The van der Waals surface area contributed by atoms with Crippen LogP contribution in [0.1, 0.15) is 37.8 Å². The van der Waals surface area contributed by atoms with Crippen molar-refractivity contribution in [3.05, 3.63) is 35.4 Å². The van der Waals surface area contributed by atoms with Crippen LogP contribution in [0, 0.1) is 5.92 Å². The summed E-state index contributed by atoms with van der Waals surface area (Å²) in [6, 6.07) is 9.33. The molecule has 0 bridgehead atoms. The van der Waals surface area contributed by atoms with E-state index in [1.807, 2.05) is 0 Å². The number of aliphatic hydroxyl groups is 1. The molecule has 18 heavy (non-hydrogen) atoms. The Morgan fingerprint density at radius 1 is 1.28 bits per heavy atom. The maximum Gasteiger partial charge on any atom is 0.0575 e. The molecule has 0 aliphatic heterocycles. The summed E-state index contributed by atoms with van der Waals surface area (Å²) in [5, 5.41) is 13.4. The molecule has 1 aliphatic rings. The average Bonchev–Trinajstić information content (AvgIpc) is 2.38. The van der Waals surface area contributed by atoms with Crippen LogP contribution < -0.4 is 5.32 Å². The van der Waals surface area contributed by atoms with Crippen molar-refractivity contribution >= 4 is 0 Å². The molecule has 0 aromatic heterocycles. The van der Waals surface area contributed by atoms with Gasteiger partial charge in [0.1, 0.15) is 0 Å². The van der Waals surface area contributed by atoms with Crippen LogP contribution in [0.3, 0.4) is 0 Å². The van der Waals surface area contributed by atoms with Crippen LogP contribution in [-0.4, -0.2) is 23.8 Å². The summed E-state index contributed by atoms with van der Waals surface area (Å²) in [4.78, 5) is 0. The molecule has 100 valence electrons. The van der Waals surface area contributed by atoms with Crippen LogP contribution in [0.25, 0.3) is 0 Å². The lowest BCUT2D eigenvalue weighted by atomic mass is 9.88. The highest BCUT2D eigenvalue weighted by Crippen LogP contribution is 2.21. The molecule has 0 fully saturated rings. The first-order chi connectivity index (χ1) is 8.66. The van der Waals surface area contributed by atoms with Gasteiger partial charge in [0.2, 0.25) is 0 Å². The summed E-state index contributed by atoms with van der Waals surface area (Å²) in [6.07, 6.45) is 4.22. The fraction of sp³-hybridized carbons (Fsp3) is 0.625. The molecule has 2 unspecified atom stereocenters. The summed E-state index contributed by atoms with van der Waals surface area (Å²) in [7, 11) is 0. The van der Waals surface area contributed by atoms with Crippen molar-refractivity contribution in [1.29, 1.82) is 0 Å². The first-order valence-electron chi connectivity index (χ1n) is 7.15. The van der Waals surface area contributed by atoms with E-state index in [1.165, 1.54) is 24.0 Å². The smallest absolute Gasteiger partial charge is 0.0575 e. The van der Waals surface area contributed by atoms with E-state index >= 15 is 0 Å². The van der Waals surface area contributed by atoms with Gasteiger partial charge in [-0.05, 0) is 49.3 Å². The highest BCUT2D eigenvalue weighted by atomic mass is 16.3. The van der Waals surface area contributed by atoms with Crippen LogP contribution in [0.15, 0.2) is 24.3 Å². The van der Waals surface area contributed by atoms with Gasteiger partial charge in [0.25, 0.3) is 0 Å². The molecule has 0 amide bonds. The topological polar surface area (TPSA) is 32.3 Å². The third kappa shape index (κ3) is 3.56. The van der Waals surface area contributed by atoms with Crippen molar-refractivity contribution in [2.45, 2.75) is 51.7 Å². The zero-order valence-corrected chi connectivity index (χ0v) is 11.5. The summed E-state index contributed by atoms with van der Waals surface area (Å²) < 4.78 is 0. The Labute approximate surface area is 110 Å².